The number of pyridine rings is 1. The van der Waals surface area contributed by atoms with Gasteiger partial charge < -0.3 is 4.74 Å². The van der Waals surface area contributed by atoms with E-state index in [9.17, 15) is 4.39 Å². The van der Waals surface area contributed by atoms with Crippen LogP contribution in [0.1, 0.15) is 23.4 Å². The van der Waals surface area contributed by atoms with Crippen molar-refractivity contribution in [2.24, 2.45) is 4.99 Å². The standard InChI is InChI=1S/C13H12FN3O/c1-9-3-10(4-12(6-15)17-9)11-5-13(14,18-2)8-16-7-11/h3-4,7-8H,5H2,1-2H3. The molecule has 1 aliphatic heterocycles. The van der Waals surface area contributed by atoms with Crippen LogP contribution in [0.2, 0.25) is 0 Å². The van der Waals surface area contributed by atoms with Gasteiger partial charge in [-0.3, -0.25) is 4.99 Å². The Morgan fingerprint density at radius 3 is 2.94 bits per heavy atom. The van der Waals surface area contributed by atoms with Crippen molar-refractivity contribution in [2.75, 3.05) is 7.11 Å². The monoisotopic (exact) mass is 245 g/mol. The molecule has 0 radical (unpaired) electrons. The number of ether oxygens (including phenoxy) is 1. The predicted octanol–water partition coefficient (Wildman–Crippen LogP) is 2.39. The fraction of sp³-hybridized carbons (Fsp3) is 0.308. The van der Waals surface area contributed by atoms with Crippen LogP contribution in [0.3, 0.4) is 0 Å². The number of methoxy groups -OCH3 is 1. The summed E-state index contributed by atoms with van der Waals surface area (Å²) >= 11 is 0. The fourth-order valence-electron chi connectivity index (χ4n) is 1.80. The molecule has 1 atom stereocenters. The minimum atomic E-state index is -1.88. The average Bonchev–Trinajstić information content (AvgIpc) is 2.38. The van der Waals surface area contributed by atoms with E-state index in [0.717, 1.165) is 11.8 Å². The SMILES string of the molecule is COC1(F)C=NC=C(c2cc(C)nc(C#N)c2)C1. The highest BCUT2D eigenvalue weighted by Crippen LogP contribution is 2.31. The number of nitriles is 1. The van der Waals surface area contributed by atoms with Gasteiger partial charge in [0.05, 0.1) is 6.21 Å². The molecule has 2 rings (SSSR count). The van der Waals surface area contributed by atoms with Gasteiger partial charge in [-0.25, -0.2) is 9.37 Å². The van der Waals surface area contributed by atoms with Gasteiger partial charge in [0.2, 0.25) is 5.85 Å². The van der Waals surface area contributed by atoms with Crippen molar-refractivity contribution in [1.29, 1.82) is 5.26 Å². The fourth-order valence-corrected chi connectivity index (χ4v) is 1.80. The maximum Gasteiger partial charge on any atom is 0.249 e. The van der Waals surface area contributed by atoms with Gasteiger partial charge in [-0.2, -0.15) is 5.26 Å². The molecule has 1 unspecified atom stereocenters. The predicted molar refractivity (Wildman–Crippen MR) is 65.6 cm³/mol. The van der Waals surface area contributed by atoms with Gasteiger partial charge in [0.1, 0.15) is 11.8 Å². The van der Waals surface area contributed by atoms with Crippen molar-refractivity contribution in [3.8, 4) is 6.07 Å². The summed E-state index contributed by atoms with van der Waals surface area (Å²) in [5, 5.41) is 8.87. The number of nitrogens with zero attached hydrogens (tertiary/aromatic N) is 3. The zero-order chi connectivity index (χ0) is 13.2. The first-order chi connectivity index (χ1) is 8.56. The maximum absolute atomic E-state index is 14.0. The Balaban J connectivity index is 2.39. The molecule has 5 heteroatoms. The number of aryl methyl sites for hydroxylation is 1. The van der Waals surface area contributed by atoms with E-state index in [4.69, 9.17) is 10.00 Å². The molecule has 0 aliphatic carbocycles. The smallest absolute Gasteiger partial charge is 0.249 e. The number of hydrogen-bond acceptors (Lipinski definition) is 4. The Labute approximate surface area is 104 Å². The third kappa shape index (κ3) is 2.44. The lowest BCUT2D eigenvalue weighted by Gasteiger charge is -2.23. The van der Waals surface area contributed by atoms with Gasteiger partial charge in [0.25, 0.3) is 0 Å². The van der Waals surface area contributed by atoms with Gasteiger partial charge >= 0.3 is 0 Å². The minimum Gasteiger partial charge on any atom is -0.345 e. The topological polar surface area (TPSA) is 58.3 Å². The van der Waals surface area contributed by atoms with Gasteiger partial charge in [-0.1, -0.05) is 0 Å². The van der Waals surface area contributed by atoms with Crippen LogP contribution in [0.15, 0.2) is 23.3 Å². The second-order valence-electron chi connectivity index (χ2n) is 4.09. The zero-order valence-corrected chi connectivity index (χ0v) is 10.1. The third-order valence-corrected chi connectivity index (χ3v) is 2.71. The van der Waals surface area contributed by atoms with E-state index >= 15 is 0 Å². The number of aliphatic imine (C=N–C) groups is 1. The molecule has 1 aliphatic rings. The lowest BCUT2D eigenvalue weighted by molar-refractivity contribution is -0.0523. The lowest BCUT2D eigenvalue weighted by Crippen LogP contribution is -2.29. The molecule has 0 saturated heterocycles. The molecular formula is C13H12FN3O. The van der Waals surface area contributed by atoms with Crippen LogP contribution >= 0.6 is 0 Å². The van der Waals surface area contributed by atoms with Crippen molar-refractivity contribution in [3.05, 3.63) is 35.3 Å². The third-order valence-electron chi connectivity index (χ3n) is 2.71. The van der Waals surface area contributed by atoms with Crippen LogP contribution in [-0.4, -0.2) is 24.2 Å². The van der Waals surface area contributed by atoms with Crippen LogP contribution in [0.4, 0.5) is 4.39 Å². The van der Waals surface area contributed by atoms with Crippen molar-refractivity contribution in [2.45, 2.75) is 19.2 Å². The number of alkyl halides is 1. The van der Waals surface area contributed by atoms with Gasteiger partial charge in [-0.05, 0) is 30.2 Å². The summed E-state index contributed by atoms with van der Waals surface area (Å²) in [5.41, 5.74) is 2.45. The Morgan fingerprint density at radius 2 is 2.28 bits per heavy atom. The number of halogens is 1. The van der Waals surface area contributed by atoms with E-state index in [1.807, 2.05) is 6.07 Å². The summed E-state index contributed by atoms with van der Waals surface area (Å²) in [6.45, 7) is 1.79. The van der Waals surface area contributed by atoms with Crippen LogP contribution in [-0.2, 0) is 4.74 Å². The molecule has 0 bridgehead atoms. The van der Waals surface area contributed by atoms with Crippen LogP contribution in [0.5, 0.6) is 0 Å². The molecule has 2 heterocycles. The summed E-state index contributed by atoms with van der Waals surface area (Å²) in [7, 11) is 1.30. The second-order valence-corrected chi connectivity index (χ2v) is 4.09. The first-order valence-electron chi connectivity index (χ1n) is 5.43. The van der Waals surface area contributed by atoms with E-state index in [1.54, 1.807) is 25.3 Å². The summed E-state index contributed by atoms with van der Waals surface area (Å²) in [6, 6.07) is 5.40. The molecule has 1 aromatic heterocycles. The Hall–Kier alpha value is -2.06. The van der Waals surface area contributed by atoms with Crippen LogP contribution < -0.4 is 0 Å². The summed E-state index contributed by atoms with van der Waals surface area (Å²) < 4.78 is 18.8. The molecule has 92 valence electrons. The van der Waals surface area contributed by atoms with Crippen molar-refractivity contribution >= 4 is 11.8 Å². The Kier molecular flexibility index (Phi) is 3.21. The van der Waals surface area contributed by atoms with Crippen LogP contribution in [0.25, 0.3) is 5.57 Å². The van der Waals surface area contributed by atoms with Crippen molar-refractivity contribution in [3.63, 3.8) is 0 Å². The molecule has 0 amide bonds. The second kappa shape index (κ2) is 4.67. The first-order valence-corrected chi connectivity index (χ1v) is 5.43. The molecule has 0 N–H and O–H groups in total. The lowest BCUT2D eigenvalue weighted by atomic mass is 9.98. The molecule has 0 saturated carbocycles. The van der Waals surface area contributed by atoms with Gasteiger partial charge in [-0.15, -0.1) is 0 Å². The Bertz CT molecular complexity index is 574. The molecular weight excluding hydrogens is 233 g/mol. The number of hydrogen-bond donors (Lipinski definition) is 0. The maximum atomic E-state index is 14.0. The molecule has 18 heavy (non-hydrogen) atoms. The normalized spacial score (nSPS) is 22.4. The number of rotatable bonds is 2. The van der Waals surface area contributed by atoms with E-state index in [2.05, 4.69) is 9.98 Å². The van der Waals surface area contributed by atoms with E-state index in [0.29, 0.717) is 17.0 Å². The van der Waals surface area contributed by atoms with E-state index in [1.165, 1.54) is 7.11 Å². The highest BCUT2D eigenvalue weighted by atomic mass is 19.2. The highest BCUT2D eigenvalue weighted by molar-refractivity contribution is 5.79. The van der Waals surface area contributed by atoms with E-state index in [-0.39, 0.29) is 6.42 Å². The van der Waals surface area contributed by atoms with E-state index < -0.39 is 5.85 Å². The molecule has 0 fully saturated rings. The van der Waals surface area contributed by atoms with Gasteiger partial charge in [0, 0.05) is 25.4 Å². The quantitative estimate of drug-likeness (QED) is 0.803. The summed E-state index contributed by atoms with van der Waals surface area (Å²) in [5.74, 6) is -1.88. The largest absolute Gasteiger partial charge is 0.345 e. The molecule has 1 aromatic rings. The van der Waals surface area contributed by atoms with Crippen molar-refractivity contribution < 1.29 is 9.13 Å². The molecule has 0 aromatic carbocycles. The van der Waals surface area contributed by atoms with Gasteiger partial charge in [0.15, 0.2) is 0 Å². The minimum absolute atomic E-state index is 0.0708. The Morgan fingerprint density at radius 1 is 1.50 bits per heavy atom. The highest BCUT2D eigenvalue weighted by Gasteiger charge is 2.31. The van der Waals surface area contributed by atoms with Crippen molar-refractivity contribution in [1.82, 2.24) is 4.98 Å². The summed E-state index contributed by atoms with van der Waals surface area (Å²) in [6.07, 6.45) is 2.78. The van der Waals surface area contributed by atoms with Crippen LogP contribution in [0, 0.1) is 18.3 Å². The summed E-state index contributed by atoms with van der Waals surface area (Å²) in [4.78, 5) is 7.91. The zero-order valence-electron chi connectivity index (χ0n) is 10.1. The first kappa shape index (κ1) is 12.4. The molecule has 4 nitrogen and oxygen atoms in total. The average molecular weight is 245 g/mol. The molecule has 0 spiro atoms. The number of aromatic nitrogens is 1.